The van der Waals surface area contributed by atoms with Crippen molar-refractivity contribution in [2.24, 2.45) is 5.92 Å². The Balaban J connectivity index is 1.06. The lowest BCUT2D eigenvalue weighted by molar-refractivity contribution is -0.126. The molecule has 0 atom stereocenters. The van der Waals surface area contributed by atoms with Crippen LogP contribution >= 0.6 is 0 Å². The largest absolute Gasteiger partial charge is 0.450 e. The number of nitrogens with one attached hydrogen (secondary N) is 4. The molecular formula is C44H64N6O9. The summed E-state index contributed by atoms with van der Waals surface area (Å²) in [6.45, 7) is 9.55. The Labute approximate surface area is 348 Å². The van der Waals surface area contributed by atoms with Gasteiger partial charge in [-0.15, -0.1) is 0 Å². The Hall–Kier alpha value is -5.15. The molecule has 0 aliphatic heterocycles. The highest BCUT2D eigenvalue weighted by Gasteiger charge is 2.28. The summed E-state index contributed by atoms with van der Waals surface area (Å²) in [6.07, 6.45) is 6.21. The first-order valence-electron chi connectivity index (χ1n) is 21.3. The number of hydrogen-bond acceptors (Lipinski definition) is 9. The van der Waals surface area contributed by atoms with Crippen molar-refractivity contribution >= 4 is 46.5 Å². The molecule has 15 nitrogen and oxygen atoms in total. The number of aromatic nitrogens is 1. The van der Waals surface area contributed by atoms with Crippen molar-refractivity contribution in [1.29, 1.82) is 0 Å². The van der Waals surface area contributed by atoms with Crippen LogP contribution in [0.25, 0.3) is 10.9 Å². The highest BCUT2D eigenvalue weighted by Crippen LogP contribution is 2.26. The van der Waals surface area contributed by atoms with Crippen molar-refractivity contribution in [3.8, 4) is 0 Å². The smallest absolute Gasteiger partial charge is 0.407 e. The van der Waals surface area contributed by atoms with Crippen molar-refractivity contribution in [3.05, 3.63) is 65.9 Å². The number of carbonyl (C=O) groups excluding carboxylic acids is 5. The first kappa shape index (κ1) is 46.5. The Morgan fingerprint density at radius 2 is 1.39 bits per heavy atom. The van der Waals surface area contributed by atoms with Gasteiger partial charge in [-0.05, 0) is 88.6 Å². The Kier molecular flexibility index (Phi) is 20.5. The molecule has 1 aliphatic rings. The van der Waals surface area contributed by atoms with Gasteiger partial charge in [-0.25, -0.2) is 9.59 Å². The molecule has 59 heavy (non-hydrogen) atoms. The third kappa shape index (κ3) is 15.9. The second-order valence-corrected chi connectivity index (χ2v) is 14.5. The summed E-state index contributed by atoms with van der Waals surface area (Å²) in [5, 5.41) is 12.5. The number of para-hydroxylation sites is 1. The number of aryl methyl sites for hydroxylation is 1. The first-order chi connectivity index (χ1) is 28.7. The fourth-order valence-electron chi connectivity index (χ4n) is 7.12. The summed E-state index contributed by atoms with van der Waals surface area (Å²) in [6, 6.07) is 17.6. The predicted molar refractivity (Wildman–Crippen MR) is 226 cm³/mol. The maximum Gasteiger partial charge on any atom is 0.407 e. The van der Waals surface area contributed by atoms with Gasteiger partial charge in [0.2, 0.25) is 11.8 Å². The zero-order chi connectivity index (χ0) is 42.2. The molecular weight excluding hydrogens is 757 g/mol. The molecule has 0 saturated heterocycles. The average Bonchev–Trinajstić information content (AvgIpc) is 3.61. The van der Waals surface area contributed by atoms with Crippen molar-refractivity contribution in [2.75, 3.05) is 70.7 Å². The number of unbranched alkanes of at least 4 members (excludes halogenated alkanes) is 3. The van der Waals surface area contributed by atoms with Crippen molar-refractivity contribution in [2.45, 2.75) is 91.1 Å². The first-order valence-corrected chi connectivity index (χ1v) is 21.3. The van der Waals surface area contributed by atoms with E-state index in [4.69, 9.17) is 18.9 Å². The molecule has 1 fully saturated rings. The Bertz CT molecular complexity index is 1770. The second-order valence-electron chi connectivity index (χ2n) is 14.5. The lowest BCUT2D eigenvalue weighted by Gasteiger charge is -2.28. The zero-order valence-electron chi connectivity index (χ0n) is 35.1. The molecule has 1 heterocycles. The van der Waals surface area contributed by atoms with Gasteiger partial charge in [-0.2, -0.15) is 0 Å². The van der Waals surface area contributed by atoms with E-state index in [0.717, 1.165) is 54.3 Å². The molecule has 1 aliphatic carbocycles. The lowest BCUT2D eigenvalue weighted by atomic mass is 9.85. The number of benzene rings is 2. The molecule has 4 rings (SSSR count). The van der Waals surface area contributed by atoms with E-state index in [9.17, 15) is 24.0 Å². The standard InChI is InChI=1S/C44H64N6O9/c1-4-33-14-13-16-37(30-33)49(5-2)40(51)32-50-38-17-10-9-15-35(38)31-39(50)42(53)48-36-20-18-34(19-21-36)41(52)45-22-11-7-8-12-23-46-44(55)59-29-28-57-27-26-56-25-24-47-43(54)58-6-3/h9-10,13-17,30-31,34,36H,4-8,11-12,18-29,32H2,1-3H3,(H,45,52)(H,46,55)(H,47,54)(H,48,53). The number of amides is 5. The number of nitrogens with zero attached hydrogens (tertiary/aromatic N) is 2. The third-order valence-electron chi connectivity index (χ3n) is 10.3. The molecule has 2 aromatic carbocycles. The number of fused-ring (bicyclic) bond motifs is 1. The van der Waals surface area contributed by atoms with Gasteiger partial charge < -0.3 is 49.7 Å². The van der Waals surface area contributed by atoms with Gasteiger partial charge in [-0.1, -0.05) is 50.1 Å². The van der Waals surface area contributed by atoms with Crippen LogP contribution in [0.4, 0.5) is 15.3 Å². The monoisotopic (exact) mass is 820 g/mol. The molecule has 0 bridgehead atoms. The molecule has 324 valence electrons. The van der Waals surface area contributed by atoms with Crippen LogP contribution in [0.1, 0.15) is 88.2 Å². The number of rotatable bonds is 25. The molecule has 4 N–H and O–H groups in total. The van der Waals surface area contributed by atoms with Gasteiger partial charge in [0, 0.05) is 54.7 Å². The van der Waals surface area contributed by atoms with Crippen LogP contribution in [0, 0.1) is 5.92 Å². The Morgan fingerprint density at radius 1 is 0.712 bits per heavy atom. The number of hydrogen-bond donors (Lipinski definition) is 4. The molecule has 0 radical (unpaired) electrons. The number of anilines is 1. The molecule has 1 saturated carbocycles. The van der Waals surface area contributed by atoms with E-state index < -0.39 is 12.2 Å². The van der Waals surface area contributed by atoms with E-state index in [2.05, 4.69) is 34.3 Å². The van der Waals surface area contributed by atoms with Crippen LogP contribution < -0.4 is 26.2 Å². The van der Waals surface area contributed by atoms with Gasteiger partial charge in [0.1, 0.15) is 18.8 Å². The summed E-state index contributed by atoms with van der Waals surface area (Å²) in [4.78, 5) is 65.2. The summed E-state index contributed by atoms with van der Waals surface area (Å²) in [5.41, 5.74) is 3.29. The lowest BCUT2D eigenvalue weighted by Crippen LogP contribution is -2.42. The van der Waals surface area contributed by atoms with E-state index in [0.29, 0.717) is 84.0 Å². The van der Waals surface area contributed by atoms with Gasteiger partial charge in [0.15, 0.2) is 0 Å². The van der Waals surface area contributed by atoms with Crippen LogP contribution in [-0.4, -0.2) is 106 Å². The van der Waals surface area contributed by atoms with Crippen molar-refractivity contribution in [3.63, 3.8) is 0 Å². The van der Waals surface area contributed by atoms with Crippen LogP contribution in [0.5, 0.6) is 0 Å². The number of carbonyl (C=O) groups is 5. The molecule has 0 unspecified atom stereocenters. The molecule has 3 aromatic rings. The molecule has 1 aromatic heterocycles. The minimum atomic E-state index is -0.487. The van der Waals surface area contributed by atoms with Gasteiger partial charge in [0.25, 0.3) is 5.91 Å². The maximum absolute atomic E-state index is 13.7. The minimum absolute atomic E-state index is 0.0381. The molecule has 5 amide bonds. The number of alkyl carbamates (subject to hydrolysis) is 2. The third-order valence-corrected chi connectivity index (χ3v) is 10.3. The van der Waals surface area contributed by atoms with E-state index in [-0.39, 0.29) is 49.4 Å². The van der Waals surface area contributed by atoms with Gasteiger partial charge in [-0.3, -0.25) is 14.4 Å². The zero-order valence-corrected chi connectivity index (χ0v) is 35.1. The van der Waals surface area contributed by atoms with Crippen molar-refractivity contribution in [1.82, 2.24) is 25.8 Å². The molecule has 15 heteroatoms. The normalized spacial score (nSPS) is 15.0. The number of ether oxygens (including phenoxy) is 4. The fourth-order valence-corrected chi connectivity index (χ4v) is 7.12. The SMILES string of the molecule is CCOC(=O)NCCOCCOCCOC(=O)NCCCCCCNC(=O)C1CCC(NC(=O)c2cc3ccccc3n2CC(=O)N(CC)c2cccc(CC)c2)CC1. The Morgan fingerprint density at radius 3 is 2.12 bits per heavy atom. The average molecular weight is 821 g/mol. The summed E-state index contributed by atoms with van der Waals surface area (Å²) in [5.74, 6) is -0.328. The predicted octanol–water partition coefficient (Wildman–Crippen LogP) is 5.73. The van der Waals surface area contributed by atoms with Crippen LogP contribution in [0.2, 0.25) is 0 Å². The van der Waals surface area contributed by atoms with E-state index >= 15 is 0 Å². The quantitative estimate of drug-likeness (QED) is 0.0778. The van der Waals surface area contributed by atoms with Gasteiger partial charge in [0.05, 0.1) is 33.0 Å². The van der Waals surface area contributed by atoms with Crippen LogP contribution in [0.15, 0.2) is 54.6 Å². The fraction of sp³-hybridized carbons (Fsp3) is 0.568. The summed E-state index contributed by atoms with van der Waals surface area (Å²) in [7, 11) is 0. The molecule has 0 spiro atoms. The topological polar surface area (TPSA) is 179 Å². The summed E-state index contributed by atoms with van der Waals surface area (Å²) < 4.78 is 22.4. The maximum atomic E-state index is 13.7. The van der Waals surface area contributed by atoms with E-state index in [1.165, 1.54) is 0 Å². The van der Waals surface area contributed by atoms with Crippen LogP contribution in [-0.2, 0) is 41.5 Å². The number of likely N-dealkylation sites (N-methyl/N-ethyl adjacent to an activating group) is 1. The minimum Gasteiger partial charge on any atom is -0.450 e. The van der Waals surface area contributed by atoms with Crippen molar-refractivity contribution < 1.29 is 42.9 Å². The van der Waals surface area contributed by atoms with Gasteiger partial charge >= 0.3 is 12.2 Å². The summed E-state index contributed by atoms with van der Waals surface area (Å²) >= 11 is 0. The highest BCUT2D eigenvalue weighted by molar-refractivity contribution is 6.01. The van der Waals surface area contributed by atoms with E-state index in [1.54, 1.807) is 11.8 Å². The van der Waals surface area contributed by atoms with Crippen LogP contribution in [0.3, 0.4) is 0 Å². The van der Waals surface area contributed by atoms with E-state index in [1.807, 2.05) is 60.0 Å². The highest BCUT2D eigenvalue weighted by atomic mass is 16.6. The second kappa shape index (κ2) is 26.1.